The Morgan fingerprint density at radius 3 is 2.79 bits per heavy atom. The Kier molecular flexibility index (Phi) is 5.15. The Labute approximate surface area is 148 Å². The summed E-state index contributed by atoms with van der Waals surface area (Å²) in [5.41, 5.74) is 1.45. The molecule has 0 aromatic heterocycles. The number of anilines is 2. The number of ether oxygens (including phenoxy) is 1. The van der Waals surface area contributed by atoms with Crippen molar-refractivity contribution in [3.05, 3.63) is 53.0 Å². The van der Waals surface area contributed by atoms with E-state index in [2.05, 4.69) is 21.2 Å². The Balaban J connectivity index is 1.60. The van der Waals surface area contributed by atoms with Crippen LogP contribution in [-0.4, -0.2) is 25.0 Å². The summed E-state index contributed by atoms with van der Waals surface area (Å²) in [5.74, 6) is 0.482. The normalized spacial score (nSPS) is 13.9. The summed E-state index contributed by atoms with van der Waals surface area (Å²) >= 11 is 3.37. The third-order valence-electron chi connectivity index (χ3n) is 3.71. The zero-order chi connectivity index (χ0) is 16.9. The molecule has 1 fully saturated rings. The Morgan fingerprint density at radius 2 is 2.04 bits per heavy atom. The highest BCUT2D eigenvalue weighted by molar-refractivity contribution is 9.10. The molecule has 1 saturated heterocycles. The van der Waals surface area contributed by atoms with E-state index in [-0.39, 0.29) is 18.4 Å². The Hall–Kier alpha value is -2.34. The van der Waals surface area contributed by atoms with Crippen LogP contribution in [0.5, 0.6) is 5.75 Å². The summed E-state index contributed by atoms with van der Waals surface area (Å²) in [6, 6.07) is 14.7. The van der Waals surface area contributed by atoms with Crippen molar-refractivity contribution in [3.63, 3.8) is 0 Å². The van der Waals surface area contributed by atoms with Crippen LogP contribution in [0, 0.1) is 0 Å². The van der Waals surface area contributed by atoms with Crippen molar-refractivity contribution >= 4 is 39.1 Å². The van der Waals surface area contributed by atoms with Crippen molar-refractivity contribution < 1.29 is 14.3 Å². The fourth-order valence-electron chi connectivity index (χ4n) is 2.57. The molecule has 5 nitrogen and oxygen atoms in total. The number of carbonyl (C=O) groups is 2. The zero-order valence-electron chi connectivity index (χ0n) is 13.0. The van der Waals surface area contributed by atoms with Gasteiger partial charge < -0.3 is 15.0 Å². The van der Waals surface area contributed by atoms with Gasteiger partial charge in [0.05, 0.1) is 4.47 Å². The van der Waals surface area contributed by atoms with Crippen LogP contribution in [0.15, 0.2) is 53.0 Å². The Morgan fingerprint density at radius 1 is 1.21 bits per heavy atom. The molecule has 0 atom stereocenters. The summed E-state index contributed by atoms with van der Waals surface area (Å²) in [4.78, 5) is 25.6. The van der Waals surface area contributed by atoms with Gasteiger partial charge in [-0.25, -0.2) is 0 Å². The molecule has 0 bridgehead atoms. The maximum absolute atomic E-state index is 12.1. The van der Waals surface area contributed by atoms with Gasteiger partial charge in [-0.1, -0.05) is 18.2 Å². The van der Waals surface area contributed by atoms with Crippen molar-refractivity contribution in [3.8, 4) is 5.75 Å². The molecule has 1 aliphatic heterocycles. The van der Waals surface area contributed by atoms with Crippen LogP contribution in [0.3, 0.4) is 0 Å². The van der Waals surface area contributed by atoms with Crippen molar-refractivity contribution in [1.82, 2.24) is 0 Å². The molecule has 6 heteroatoms. The van der Waals surface area contributed by atoms with Gasteiger partial charge in [0.25, 0.3) is 5.91 Å². The van der Waals surface area contributed by atoms with Gasteiger partial charge in [0.1, 0.15) is 5.75 Å². The summed E-state index contributed by atoms with van der Waals surface area (Å²) in [6.07, 6.45) is 1.45. The minimum atomic E-state index is -0.254. The maximum Gasteiger partial charge on any atom is 0.262 e. The summed E-state index contributed by atoms with van der Waals surface area (Å²) in [5, 5.41) is 2.79. The van der Waals surface area contributed by atoms with Gasteiger partial charge in [0.2, 0.25) is 5.91 Å². The smallest absolute Gasteiger partial charge is 0.262 e. The van der Waals surface area contributed by atoms with Gasteiger partial charge >= 0.3 is 0 Å². The molecule has 0 spiro atoms. The molecule has 3 rings (SSSR count). The number of hydrogen-bond acceptors (Lipinski definition) is 3. The summed E-state index contributed by atoms with van der Waals surface area (Å²) in [7, 11) is 0. The predicted octanol–water partition coefficient (Wildman–Crippen LogP) is 3.59. The molecular weight excluding hydrogens is 372 g/mol. The highest BCUT2D eigenvalue weighted by atomic mass is 79.9. The van der Waals surface area contributed by atoms with E-state index < -0.39 is 0 Å². The van der Waals surface area contributed by atoms with E-state index in [1.54, 1.807) is 23.1 Å². The van der Waals surface area contributed by atoms with Crippen molar-refractivity contribution in [1.29, 1.82) is 0 Å². The second-order valence-corrected chi connectivity index (χ2v) is 6.32. The molecule has 24 heavy (non-hydrogen) atoms. The molecule has 2 amide bonds. The molecule has 1 aliphatic rings. The highest BCUT2D eigenvalue weighted by Crippen LogP contribution is 2.25. The molecule has 1 heterocycles. The number of amides is 2. The van der Waals surface area contributed by atoms with E-state index in [0.717, 1.165) is 23.1 Å². The van der Waals surface area contributed by atoms with Gasteiger partial charge in [-0.05, 0) is 52.7 Å². The first-order valence-corrected chi connectivity index (χ1v) is 8.50. The minimum Gasteiger partial charge on any atom is -0.483 e. The summed E-state index contributed by atoms with van der Waals surface area (Å²) in [6.45, 7) is 0.636. The van der Waals surface area contributed by atoms with Crippen molar-refractivity contribution in [2.24, 2.45) is 0 Å². The number of para-hydroxylation sites is 1. The molecule has 2 aromatic rings. The first-order valence-electron chi connectivity index (χ1n) is 7.71. The highest BCUT2D eigenvalue weighted by Gasteiger charge is 2.21. The van der Waals surface area contributed by atoms with E-state index >= 15 is 0 Å². The molecule has 1 N–H and O–H groups in total. The average molecular weight is 389 g/mol. The number of nitrogens with zero attached hydrogens (tertiary/aromatic N) is 1. The number of rotatable bonds is 5. The third-order valence-corrected chi connectivity index (χ3v) is 4.37. The number of halogens is 1. The van der Waals surface area contributed by atoms with Gasteiger partial charge in [0, 0.05) is 24.3 Å². The molecular formula is C18H17BrN2O3. The van der Waals surface area contributed by atoms with Crippen LogP contribution in [0.2, 0.25) is 0 Å². The lowest BCUT2D eigenvalue weighted by Crippen LogP contribution is -2.24. The summed E-state index contributed by atoms with van der Waals surface area (Å²) < 4.78 is 6.29. The quantitative estimate of drug-likeness (QED) is 0.850. The molecule has 0 aliphatic carbocycles. The topological polar surface area (TPSA) is 58.6 Å². The zero-order valence-corrected chi connectivity index (χ0v) is 14.6. The maximum atomic E-state index is 12.1. The van der Waals surface area contributed by atoms with Gasteiger partial charge in [-0.3, -0.25) is 9.59 Å². The lowest BCUT2D eigenvalue weighted by molar-refractivity contribution is -0.118. The van der Waals surface area contributed by atoms with Crippen LogP contribution >= 0.6 is 15.9 Å². The third kappa shape index (κ3) is 3.94. The molecule has 124 valence electrons. The van der Waals surface area contributed by atoms with E-state index in [9.17, 15) is 9.59 Å². The van der Waals surface area contributed by atoms with E-state index in [4.69, 9.17) is 4.74 Å². The van der Waals surface area contributed by atoms with Crippen LogP contribution < -0.4 is 15.0 Å². The van der Waals surface area contributed by atoms with Crippen LogP contribution in [-0.2, 0) is 9.59 Å². The predicted molar refractivity (Wildman–Crippen MR) is 96.3 cm³/mol. The monoisotopic (exact) mass is 388 g/mol. The lowest BCUT2D eigenvalue weighted by atomic mass is 10.2. The fraction of sp³-hybridized carbons (Fsp3) is 0.222. The number of carbonyl (C=O) groups excluding carboxylic acids is 2. The van der Waals surface area contributed by atoms with E-state index in [1.165, 1.54) is 0 Å². The standard InChI is InChI=1S/C18H17BrN2O3/c19-15-7-1-2-8-16(15)24-12-17(22)20-13-5-3-6-14(11-13)21-10-4-9-18(21)23/h1-3,5-8,11H,4,9-10,12H2,(H,20,22). The van der Waals surface area contributed by atoms with E-state index in [0.29, 0.717) is 17.9 Å². The second kappa shape index (κ2) is 7.49. The van der Waals surface area contributed by atoms with E-state index in [1.807, 2.05) is 30.3 Å². The SMILES string of the molecule is O=C(COc1ccccc1Br)Nc1cccc(N2CCCC2=O)c1. The Bertz CT molecular complexity index is 763. The minimum absolute atomic E-state index is 0.0878. The fourth-order valence-corrected chi connectivity index (χ4v) is 2.97. The van der Waals surface area contributed by atoms with Crippen molar-refractivity contribution in [2.45, 2.75) is 12.8 Å². The van der Waals surface area contributed by atoms with Gasteiger partial charge in [-0.2, -0.15) is 0 Å². The number of benzene rings is 2. The van der Waals surface area contributed by atoms with Crippen LogP contribution in [0.4, 0.5) is 11.4 Å². The second-order valence-electron chi connectivity index (χ2n) is 5.47. The molecule has 2 aromatic carbocycles. The first-order chi connectivity index (χ1) is 11.6. The van der Waals surface area contributed by atoms with Crippen LogP contribution in [0.25, 0.3) is 0 Å². The molecule has 0 saturated carbocycles. The molecule has 0 radical (unpaired) electrons. The molecule has 0 unspecified atom stereocenters. The number of nitrogens with one attached hydrogen (secondary N) is 1. The number of hydrogen-bond donors (Lipinski definition) is 1. The van der Waals surface area contributed by atoms with Crippen LogP contribution in [0.1, 0.15) is 12.8 Å². The van der Waals surface area contributed by atoms with Crippen molar-refractivity contribution in [2.75, 3.05) is 23.4 Å². The van der Waals surface area contributed by atoms with Gasteiger partial charge in [-0.15, -0.1) is 0 Å². The first kappa shape index (κ1) is 16.5. The lowest BCUT2D eigenvalue weighted by Gasteiger charge is -2.17. The van der Waals surface area contributed by atoms with Gasteiger partial charge in [0.15, 0.2) is 6.61 Å². The average Bonchev–Trinajstić information content (AvgIpc) is 3.00. The largest absolute Gasteiger partial charge is 0.483 e.